The van der Waals surface area contributed by atoms with Crippen LogP contribution in [0.2, 0.25) is 0 Å². The Morgan fingerprint density at radius 3 is 1.80 bits per heavy atom. The number of pyridine rings is 1. The maximum absolute atomic E-state index is 2.64. The third-order valence-electron chi connectivity index (χ3n) is 5.21. The molecule has 2 aliphatic heterocycles. The summed E-state index contributed by atoms with van der Waals surface area (Å²) in [6.07, 6.45) is 2.61. The lowest BCUT2D eigenvalue weighted by Gasteiger charge is -2.39. The minimum atomic E-state index is 0.702. The lowest BCUT2D eigenvalue weighted by atomic mass is 10.0. The lowest BCUT2D eigenvalue weighted by molar-refractivity contribution is -0.722. The Bertz CT molecular complexity index is 504. The molecule has 0 radical (unpaired) electrons. The van der Waals surface area contributed by atoms with E-state index in [4.69, 9.17) is 0 Å². The fraction of sp³-hybridized carbons (Fsp3) is 0.688. The van der Waals surface area contributed by atoms with Crippen LogP contribution in [0.3, 0.4) is 0 Å². The van der Waals surface area contributed by atoms with Gasteiger partial charge in [0.15, 0.2) is 6.04 Å². The number of hydrogen-bond donors (Lipinski definition) is 0. The molecular weight excluding hydrogens is 248 g/mol. The molecule has 0 atom stereocenters. The highest BCUT2D eigenvalue weighted by molar-refractivity contribution is 5.56. The normalized spacial score (nSPS) is 23.3. The molecule has 0 saturated carbocycles. The first-order valence-electron chi connectivity index (χ1n) is 7.66. The van der Waals surface area contributed by atoms with Crippen LogP contribution in [0.5, 0.6) is 0 Å². The lowest BCUT2D eigenvalue weighted by Crippen LogP contribution is -2.66. The van der Waals surface area contributed by atoms with E-state index in [1.807, 2.05) is 0 Å². The number of nitrogens with zero attached hydrogens (tertiary/aromatic N) is 4. The zero-order chi connectivity index (χ0) is 14.7. The van der Waals surface area contributed by atoms with E-state index >= 15 is 0 Å². The highest BCUT2D eigenvalue weighted by Crippen LogP contribution is 2.37. The Morgan fingerprint density at radius 2 is 1.40 bits per heavy atom. The SMILES string of the molecule is CN(C)c1cc2[n+]3c(c1)[N+](C)(C)CCC3CC[N+]2(C)C. The van der Waals surface area contributed by atoms with E-state index < -0.39 is 0 Å². The van der Waals surface area contributed by atoms with Gasteiger partial charge < -0.3 is 4.90 Å². The molecule has 0 fully saturated rings. The van der Waals surface area contributed by atoms with E-state index in [1.54, 1.807) is 0 Å². The molecule has 1 aromatic rings. The third-order valence-corrected chi connectivity index (χ3v) is 5.21. The Balaban J connectivity index is 2.30. The van der Waals surface area contributed by atoms with Crippen LogP contribution in [-0.4, -0.2) is 55.4 Å². The van der Waals surface area contributed by atoms with E-state index in [2.05, 4.69) is 63.9 Å². The van der Waals surface area contributed by atoms with Gasteiger partial charge in [0.2, 0.25) is 0 Å². The summed E-state index contributed by atoms with van der Waals surface area (Å²) >= 11 is 0. The summed E-state index contributed by atoms with van der Waals surface area (Å²) in [7, 11) is 13.6. The van der Waals surface area contributed by atoms with Gasteiger partial charge in [-0.05, 0) is 0 Å². The van der Waals surface area contributed by atoms with E-state index in [1.165, 1.54) is 43.3 Å². The fourth-order valence-corrected chi connectivity index (χ4v) is 3.70. The second-order valence-electron chi connectivity index (χ2n) is 7.74. The van der Waals surface area contributed by atoms with Crippen molar-refractivity contribution in [1.29, 1.82) is 0 Å². The fourth-order valence-electron chi connectivity index (χ4n) is 3.70. The zero-order valence-electron chi connectivity index (χ0n) is 13.8. The molecule has 0 bridgehead atoms. The molecule has 3 heterocycles. The maximum atomic E-state index is 2.64. The molecule has 0 aliphatic carbocycles. The number of rotatable bonds is 1. The molecule has 0 N–H and O–H groups in total. The smallest absolute Gasteiger partial charge is 0.375 e. The Labute approximate surface area is 123 Å². The topological polar surface area (TPSA) is 7.12 Å². The summed E-state index contributed by atoms with van der Waals surface area (Å²) < 4.78 is 4.62. The summed E-state index contributed by atoms with van der Waals surface area (Å²) in [5.41, 5.74) is 1.33. The summed E-state index contributed by atoms with van der Waals surface area (Å²) in [6.45, 7) is 2.49. The molecule has 0 aromatic carbocycles. The largest absolute Gasteiger partial charge is 0.377 e. The molecule has 4 nitrogen and oxygen atoms in total. The van der Waals surface area contributed by atoms with Crippen LogP contribution in [0.1, 0.15) is 18.9 Å². The van der Waals surface area contributed by atoms with Gasteiger partial charge in [-0.1, -0.05) is 4.57 Å². The minimum Gasteiger partial charge on any atom is -0.377 e. The van der Waals surface area contributed by atoms with E-state index in [0.29, 0.717) is 6.04 Å². The van der Waals surface area contributed by atoms with Gasteiger partial charge in [-0.3, -0.25) is 0 Å². The predicted molar refractivity (Wildman–Crippen MR) is 86.3 cm³/mol. The van der Waals surface area contributed by atoms with Gasteiger partial charge in [-0.15, -0.1) is 0 Å². The number of hydrogen-bond acceptors (Lipinski definition) is 1. The van der Waals surface area contributed by atoms with Gasteiger partial charge in [-0.25, -0.2) is 8.97 Å². The zero-order valence-corrected chi connectivity index (χ0v) is 13.8. The van der Waals surface area contributed by atoms with Crippen LogP contribution in [-0.2, 0) is 0 Å². The van der Waals surface area contributed by atoms with Crippen molar-refractivity contribution in [3.63, 3.8) is 0 Å². The molecule has 4 heteroatoms. The molecule has 0 saturated heterocycles. The van der Waals surface area contributed by atoms with Crippen LogP contribution in [0.15, 0.2) is 12.1 Å². The summed E-state index contributed by atoms with van der Waals surface area (Å²) in [5.74, 6) is 2.93. The first-order valence-corrected chi connectivity index (χ1v) is 7.66. The van der Waals surface area contributed by atoms with Crippen molar-refractivity contribution in [2.75, 3.05) is 60.3 Å². The molecule has 0 unspecified atom stereocenters. The molecule has 0 spiro atoms. The second kappa shape index (κ2) is 4.18. The standard InChI is InChI=1S/C16H29N4/c1-17(2)14-11-15-18-13(7-9-19(15,3)4)8-10-20(5,6)16(18)12-14/h11-13H,7-10H2,1-6H3/q+3. The van der Waals surface area contributed by atoms with Crippen molar-refractivity contribution in [2.45, 2.75) is 18.9 Å². The Hall–Kier alpha value is -1.13. The van der Waals surface area contributed by atoms with Crippen LogP contribution < -0.4 is 18.4 Å². The van der Waals surface area contributed by atoms with Crippen molar-refractivity contribution < 1.29 is 4.57 Å². The molecular formula is C16H29N4+3. The quantitative estimate of drug-likeness (QED) is 0.558. The van der Waals surface area contributed by atoms with Crippen LogP contribution in [0.25, 0.3) is 0 Å². The monoisotopic (exact) mass is 277 g/mol. The first kappa shape index (κ1) is 13.8. The molecule has 110 valence electrons. The predicted octanol–water partition coefficient (Wildman–Crippen LogP) is 1.52. The van der Waals surface area contributed by atoms with Crippen LogP contribution in [0.4, 0.5) is 17.3 Å². The molecule has 0 amide bonds. The van der Waals surface area contributed by atoms with Gasteiger partial charge in [0, 0.05) is 14.1 Å². The first-order chi connectivity index (χ1) is 9.22. The molecule has 2 aliphatic rings. The van der Waals surface area contributed by atoms with Crippen molar-refractivity contribution in [1.82, 2.24) is 8.97 Å². The van der Waals surface area contributed by atoms with Crippen LogP contribution in [0, 0.1) is 0 Å². The third kappa shape index (κ3) is 1.93. The van der Waals surface area contributed by atoms with Crippen molar-refractivity contribution in [3.8, 4) is 0 Å². The van der Waals surface area contributed by atoms with E-state index in [9.17, 15) is 0 Å². The van der Waals surface area contributed by atoms with Gasteiger partial charge in [0.1, 0.15) is 0 Å². The highest BCUT2D eigenvalue weighted by atomic mass is 15.5. The summed E-state index contributed by atoms with van der Waals surface area (Å²) in [6, 6.07) is 5.48. The van der Waals surface area contributed by atoms with Crippen LogP contribution >= 0.6 is 0 Å². The van der Waals surface area contributed by atoms with Gasteiger partial charge in [-0.2, -0.15) is 0 Å². The highest BCUT2D eigenvalue weighted by Gasteiger charge is 2.50. The van der Waals surface area contributed by atoms with E-state index in [0.717, 1.165) is 8.97 Å². The average molecular weight is 277 g/mol. The van der Waals surface area contributed by atoms with Gasteiger partial charge in [0.25, 0.3) is 0 Å². The summed E-state index contributed by atoms with van der Waals surface area (Å²) in [4.78, 5) is 2.23. The number of quaternary nitrogens is 2. The Morgan fingerprint density at radius 1 is 0.950 bits per heavy atom. The van der Waals surface area contributed by atoms with Crippen molar-refractivity contribution in [2.24, 2.45) is 0 Å². The average Bonchev–Trinajstić information content (AvgIpc) is 2.36. The minimum absolute atomic E-state index is 0.702. The molecule has 20 heavy (non-hydrogen) atoms. The number of anilines is 1. The maximum Gasteiger partial charge on any atom is 0.375 e. The van der Waals surface area contributed by atoms with Crippen molar-refractivity contribution >= 4 is 17.3 Å². The Kier molecular flexibility index (Phi) is 2.89. The molecule has 1 aromatic heterocycles. The van der Waals surface area contributed by atoms with Crippen molar-refractivity contribution in [3.05, 3.63) is 12.1 Å². The van der Waals surface area contributed by atoms with Gasteiger partial charge in [0.05, 0.1) is 71.9 Å². The second-order valence-corrected chi connectivity index (χ2v) is 7.74. The van der Waals surface area contributed by atoms with Gasteiger partial charge >= 0.3 is 11.6 Å². The van der Waals surface area contributed by atoms with E-state index in [-0.39, 0.29) is 0 Å². The number of aromatic nitrogens is 1. The summed E-state index contributed by atoms with van der Waals surface area (Å²) in [5, 5.41) is 0. The molecule has 3 rings (SSSR count).